The second-order valence-electron chi connectivity index (χ2n) is 9.46. The molecule has 3 heterocycles. The van der Waals surface area contributed by atoms with Crippen molar-refractivity contribution in [1.29, 1.82) is 0 Å². The van der Waals surface area contributed by atoms with E-state index >= 15 is 0 Å². The van der Waals surface area contributed by atoms with Gasteiger partial charge in [-0.15, -0.1) is 15.3 Å². The molecular weight excluding hydrogens is 454 g/mol. The molecule has 0 atom stereocenters. The normalized spacial score (nSPS) is 16.2. The lowest BCUT2D eigenvalue weighted by atomic mass is 9.97. The van der Waals surface area contributed by atoms with E-state index in [4.69, 9.17) is 9.84 Å². The molecule has 5 rings (SSSR count). The van der Waals surface area contributed by atoms with Crippen molar-refractivity contribution in [2.75, 3.05) is 49.6 Å². The van der Waals surface area contributed by atoms with E-state index in [-0.39, 0.29) is 5.91 Å². The standard InChI is InChI=1S/C27H35N7O2/c1-36-23-9-5-8-22(20-23)32-16-18-33(19-17-32)26-11-10-24-29-30-25(34(24)31-26)12-13-27(35)28-15-14-21-6-3-2-4-7-21/h5-6,8-11,20H,2-4,7,12-19H2,1H3,(H,28,35). The molecule has 1 amide bonds. The summed E-state index contributed by atoms with van der Waals surface area (Å²) in [4.78, 5) is 17.0. The van der Waals surface area contributed by atoms with Crippen LogP contribution in [0, 0.1) is 0 Å². The molecule has 0 saturated carbocycles. The van der Waals surface area contributed by atoms with Gasteiger partial charge in [0.15, 0.2) is 11.5 Å². The number of ether oxygens (including phenoxy) is 1. The number of nitrogens with zero attached hydrogens (tertiary/aromatic N) is 6. The predicted octanol–water partition coefficient (Wildman–Crippen LogP) is 3.40. The first kappa shape index (κ1) is 24.1. The van der Waals surface area contributed by atoms with Gasteiger partial charge in [-0.1, -0.05) is 17.7 Å². The van der Waals surface area contributed by atoms with Crippen LogP contribution < -0.4 is 19.9 Å². The summed E-state index contributed by atoms with van der Waals surface area (Å²) in [5.74, 6) is 2.54. The van der Waals surface area contributed by atoms with E-state index in [2.05, 4.69) is 43.5 Å². The molecule has 0 spiro atoms. The highest BCUT2D eigenvalue weighted by molar-refractivity contribution is 5.76. The Hall–Kier alpha value is -3.62. The number of piperazine rings is 1. The maximum Gasteiger partial charge on any atom is 0.220 e. The van der Waals surface area contributed by atoms with Gasteiger partial charge < -0.3 is 19.9 Å². The van der Waals surface area contributed by atoms with Gasteiger partial charge in [-0.05, 0) is 56.4 Å². The zero-order valence-electron chi connectivity index (χ0n) is 21.0. The molecule has 1 N–H and O–H groups in total. The Labute approximate surface area is 212 Å². The largest absolute Gasteiger partial charge is 0.497 e. The third-order valence-corrected chi connectivity index (χ3v) is 7.06. The van der Waals surface area contributed by atoms with E-state index in [0.717, 1.165) is 44.2 Å². The van der Waals surface area contributed by atoms with Crippen LogP contribution in [0.15, 0.2) is 48.0 Å². The Bertz CT molecular complexity index is 1210. The van der Waals surface area contributed by atoms with Crippen LogP contribution in [0.25, 0.3) is 5.65 Å². The fourth-order valence-corrected chi connectivity index (χ4v) is 4.96. The Balaban J connectivity index is 1.15. The van der Waals surface area contributed by atoms with Crippen LogP contribution in [0.3, 0.4) is 0 Å². The average Bonchev–Trinajstić information content (AvgIpc) is 3.35. The first-order valence-corrected chi connectivity index (χ1v) is 13.0. The number of aromatic nitrogens is 4. The number of benzene rings is 1. The van der Waals surface area contributed by atoms with E-state index < -0.39 is 0 Å². The lowest BCUT2D eigenvalue weighted by molar-refractivity contribution is -0.121. The van der Waals surface area contributed by atoms with Crippen LogP contribution in [0.1, 0.15) is 44.3 Å². The SMILES string of the molecule is COc1cccc(N2CCN(c3ccc4nnc(CCC(=O)NCCC5=CCCCC5)n4n3)CC2)c1. The van der Waals surface area contributed by atoms with Crippen LogP contribution in [0.5, 0.6) is 5.75 Å². The molecule has 36 heavy (non-hydrogen) atoms. The van der Waals surface area contributed by atoms with Gasteiger partial charge in [0.25, 0.3) is 0 Å². The van der Waals surface area contributed by atoms with Crippen molar-refractivity contribution in [3.05, 3.63) is 53.9 Å². The van der Waals surface area contributed by atoms with Gasteiger partial charge in [0.1, 0.15) is 11.6 Å². The second-order valence-corrected chi connectivity index (χ2v) is 9.46. The molecule has 1 aliphatic heterocycles. The number of hydrogen-bond acceptors (Lipinski definition) is 7. The van der Waals surface area contributed by atoms with Gasteiger partial charge in [-0.2, -0.15) is 4.52 Å². The van der Waals surface area contributed by atoms with Crippen LogP contribution in [0.4, 0.5) is 11.5 Å². The fraction of sp³-hybridized carbons (Fsp3) is 0.481. The van der Waals surface area contributed by atoms with Crippen LogP contribution in [-0.2, 0) is 11.2 Å². The third-order valence-electron chi connectivity index (χ3n) is 7.06. The Morgan fingerprint density at radius 2 is 1.89 bits per heavy atom. The number of aryl methyl sites for hydroxylation is 1. The number of allylic oxidation sites excluding steroid dienone is 1. The van der Waals surface area contributed by atoms with Gasteiger partial charge in [-0.25, -0.2) is 0 Å². The zero-order valence-corrected chi connectivity index (χ0v) is 21.0. The minimum Gasteiger partial charge on any atom is -0.497 e. The summed E-state index contributed by atoms with van der Waals surface area (Å²) < 4.78 is 7.15. The molecule has 2 aliphatic rings. The maximum atomic E-state index is 12.4. The first-order chi connectivity index (χ1) is 17.7. The predicted molar refractivity (Wildman–Crippen MR) is 141 cm³/mol. The highest BCUT2D eigenvalue weighted by Crippen LogP contribution is 2.24. The summed E-state index contributed by atoms with van der Waals surface area (Å²) in [6.07, 6.45) is 9.09. The van der Waals surface area contributed by atoms with Crippen LogP contribution in [-0.4, -0.2) is 65.6 Å². The van der Waals surface area contributed by atoms with Crippen molar-refractivity contribution in [2.45, 2.75) is 44.9 Å². The number of anilines is 2. The van der Waals surface area contributed by atoms with Gasteiger partial charge in [0.05, 0.1) is 7.11 Å². The van der Waals surface area contributed by atoms with Gasteiger partial charge in [0, 0.05) is 57.3 Å². The van der Waals surface area contributed by atoms with Gasteiger partial charge >= 0.3 is 0 Å². The van der Waals surface area contributed by atoms with Crippen molar-refractivity contribution < 1.29 is 9.53 Å². The van der Waals surface area contributed by atoms with Crippen molar-refractivity contribution in [1.82, 2.24) is 25.1 Å². The highest BCUT2D eigenvalue weighted by Gasteiger charge is 2.20. The number of nitrogens with one attached hydrogen (secondary N) is 1. The molecular formula is C27H35N7O2. The molecule has 1 fully saturated rings. The summed E-state index contributed by atoms with van der Waals surface area (Å²) in [7, 11) is 1.70. The number of fused-ring (bicyclic) bond motifs is 1. The molecule has 0 radical (unpaired) electrons. The van der Waals surface area contributed by atoms with Crippen molar-refractivity contribution in [2.24, 2.45) is 0 Å². The summed E-state index contributed by atoms with van der Waals surface area (Å²) in [5.41, 5.74) is 3.35. The fourth-order valence-electron chi connectivity index (χ4n) is 4.96. The number of carbonyl (C=O) groups excluding carboxylic acids is 1. The van der Waals surface area contributed by atoms with Gasteiger partial charge in [0.2, 0.25) is 5.91 Å². The lowest BCUT2D eigenvalue weighted by Gasteiger charge is -2.36. The molecule has 3 aromatic rings. The Morgan fingerprint density at radius 1 is 1.03 bits per heavy atom. The third kappa shape index (κ3) is 5.78. The average molecular weight is 490 g/mol. The topological polar surface area (TPSA) is 87.9 Å². The Morgan fingerprint density at radius 3 is 2.69 bits per heavy atom. The van der Waals surface area contributed by atoms with Crippen molar-refractivity contribution in [3.63, 3.8) is 0 Å². The minimum absolute atomic E-state index is 0.0491. The molecule has 1 aromatic carbocycles. The maximum absolute atomic E-state index is 12.4. The number of methoxy groups -OCH3 is 1. The molecule has 9 nitrogen and oxygen atoms in total. The quantitative estimate of drug-likeness (QED) is 0.461. The monoisotopic (exact) mass is 489 g/mol. The van der Waals surface area contributed by atoms with E-state index in [9.17, 15) is 4.79 Å². The number of carbonyl (C=O) groups is 1. The molecule has 0 bridgehead atoms. The van der Waals surface area contributed by atoms with E-state index in [1.54, 1.807) is 11.6 Å². The van der Waals surface area contributed by atoms with E-state index in [1.165, 1.54) is 36.9 Å². The highest BCUT2D eigenvalue weighted by atomic mass is 16.5. The first-order valence-electron chi connectivity index (χ1n) is 13.0. The van der Waals surface area contributed by atoms with Crippen molar-refractivity contribution in [3.8, 4) is 5.75 Å². The minimum atomic E-state index is 0.0491. The molecule has 190 valence electrons. The molecule has 0 unspecified atom stereocenters. The number of hydrogen-bond donors (Lipinski definition) is 1. The van der Waals surface area contributed by atoms with E-state index in [1.807, 2.05) is 24.3 Å². The summed E-state index contributed by atoms with van der Waals surface area (Å²) in [6, 6.07) is 12.1. The Kier molecular flexibility index (Phi) is 7.64. The van der Waals surface area contributed by atoms with Gasteiger partial charge in [-0.3, -0.25) is 4.79 Å². The summed E-state index contributed by atoms with van der Waals surface area (Å²) in [5, 5.41) is 16.4. The number of rotatable bonds is 9. The lowest BCUT2D eigenvalue weighted by Crippen LogP contribution is -2.47. The summed E-state index contributed by atoms with van der Waals surface area (Å²) >= 11 is 0. The molecule has 2 aromatic heterocycles. The van der Waals surface area contributed by atoms with Crippen LogP contribution >= 0.6 is 0 Å². The molecule has 9 heteroatoms. The number of amides is 1. The summed E-state index contributed by atoms with van der Waals surface area (Å²) in [6.45, 7) is 4.24. The van der Waals surface area contributed by atoms with Crippen molar-refractivity contribution >= 4 is 23.1 Å². The molecule has 1 aliphatic carbocycles. The zero-order chi connectivity index (χ0) is 24.7. The molecule has 1 saturated heterocycles. The second kappa shape index (κ2) is 11.4. The smallest absolute Gasteiger partial charge is 0.220 e. The van der Waals surface area contributed by atoms with Crippen LogP contribution in [0.2, 0.25) is 0 Å². The van der Waals surface area contributed by atoms with E-state index in [0.29, 0.717) is 30.9 Å².